The van der Waals surface area contributed by atoms with Crippen molar-refractivity contribution in [2.24, 2.45) is 5.41 Å². The fraction of sp³-hybridized carbons (Fsp3) is 0.571. The molecule has 0 radical (unpaired) electrons. The molecule has 0 aromatic heterocycles. The minimum Gasteiger partial charge on any atom is -0.489 e. The Labute approximate surface area is 113 Å². The van der Waals surface area contributed by atoms with Gasteiger partial charge in [-0.15, -0.1) is 0 Å². The van der Waals surface area contributed by atoms with Gasteiger partial charge in [0.05, 0.1) is 18.2 Å². The van der Waals surface area contributed by atoms with Gasteiger partial charge < -0.3 is 14.8 Å². The number of nitrogens with one attached hydrogen (secondary N) is 1. The van der Waals surface area contributed by atoms with Crippen LogP contribution in [-0.4, -0.2) is 26.8 Å². The highest BCUT2D eigenvalue weighted by Gasteiger charge is 2.26. The zero-order chi connectivity index (χ0) is 13.2. The van der Waals surface area contributed by atoms with Gasteiger partial charge in [0.1, 0.15) is 0 Å². The Morgan fingerprint density at radius 3 is 2.72 bits per heavy atom. The van der Waals surface area contributed by atoms with Gasteiger partial charge in [-0.2, -0.15) is 0 Å². The van der Waals surface area contributed by atoms with E-state index in [2.05, 4.69) is 19.2 Å². The molecule has 0 saturated carbocycles. The van der Waals surface area contributed by atoms with Gasteiger partial charge in [0.2, 0.25) is 0 Å². The molecule has 1 aromatic carbocycles. The van der Waals surface area contributed by atoms with Crippen LogP contribution in [0.15, 0.2) is 12.1 Å². The normalized spacial score (nSPS) is 17.3. The Hall–Kier alpha value is -0.930. The monoisotopic (exact) mass is 269 g/mol. The van der Waals surface area contributed by atoms with E-state index in [4.69, 9.17) is 21.1 Å². The zero-order valence-electron chi connectivity index (χ0n) is 11.2. The van der Waals surface area contributed by atoms with Gasteiger partial charge in [0.25, 0.3) is 0 Å². The molecule has 1 aliphatic rings. The van der Waals surface area contributed by atoms with Crippen LogP contribution in [0, 0.1) is 5.41 Å². The number of ether oxygens (including phenoxy) is 2. The van der Waals surface area contributed by atoms with Gasteiger partial charge in [-0.3, -0.25) is 0 Å². The molecule has 4 heteroatoms. The smallest absolute Gasteiger partial charge is 0.179 e. The van der Waals surface area contributed by atoms with Crippen LogP contribution in [0.5, 0.6) is 11.5 Å². The summed E-state index contributed by atoms with van der Waals surface area (Å²) >= 11 is 6.27. The second-order valence-electron chi connectivity index (χ2n) is 5.50. The third kappa shape index (κ3) is 3.09. The molecule has 1 aromatic rings. The lowest BCUT2D eigenvalue weighted by atomic mass is 9.97. The number of hydrogen-bond donors (Lipinski definition) is 1. The molecule has 0 saturated heterocycles. The first-order valence-corrected chi connectivity index (χ1v) is 6.62. The maximum atomic E-state index is 6.27. The summed E-state index contributed by atoms with van der Waals surface area (Å²) < 4.78 is 11.6. The van der Waals surface area contributed by atoms with Gasteiger partial charge in [-0.05, 0) is 37.7 Å². The van der Waals surface area contributed by atoms with E-state index in [1.165, 1.54) is 0 Å². The summed E-state index contributed by atoms with van der Waals surface area (Å²) in [7, 11) is 1.94. The Bertz CT molecular complexity index is 432. The van der Waals surface area contributed by atoms with Crippen molar-refractivity contribution < 1.29 is 9.47 Å². The molecular formula is C14H20ClNO2. The second-order valence-corrected chi connectivity index (χ2v) is 5.91. The Balaban J connectivity index is 2.25. The predicted molar refractivity (Wildman–Crippen MR) is 73.9 cm³/mol. The van der Waals surface area contributed by atoms with Crippen LogP contribution in [0.4, 0.5) is 0 Å². The topological polar surface area (TPSA) is 30.5 Å². The van der Waals surface area contributed by atoms with E-state index in [9.17, 15) is 0 Å². The average molecular weight is 270 g/mol. The SMILES string of the molecule is CNCCc1cc(Cl)c2c(c1)OCC(C)(C)CO2. The van der Waals surface area contributed by atoms with Gasteiger partial charge in [0, 0.05) is 5.41 Å². The van der Waals surface area contributed by atoms with Crippen LogP contribution in [-0.2, 0) is 6.42 Å². The number of halogens is 1. The van der Waals surface area contributed by atoms with Crippen LogP contribution in [0.2, 0.25) is 5.02 Å². The predicted octanol–water partition coefficient (Wildman–Crippen LogP) is 2.90. The minimum absolute atomic E-state index is 0.00743. The summed E-state index contributed by atoms with van der Waals surface area (Å²) in [6.45, 7) is 6.42. The summed E-state index contributed by atoms with van der Waals surface area (Å²) in [6.07, 6.45) is 0.927. The van der Waals surface area contributed by atoms with Gasteiger partial charge in [0.15, 0.2) is 11.5 Å². The summed E-state index contributed by atoms with van der Waals surface area (Å²) in [4.78, 5) is 0. The second kappa shape index (κ2) is 5.37. The first kappa shape index (κ1) is 13.5. The van der Waals surface area contributed by atoms with E-state index in [0.717, 1.165) is 24.3 Å². The molecule has 0 atom stereocenters. The molecular weight excluding hydrogens is 250 g/mol. The first-order valence-electron chi connectivity index (χ1n) is 6.24. The lowest BCUT2D eigenvalue weighted by molar-refractivity contribution is 0.140. The molecule has 1 aliphatic heterocycles. The van der Waals surface area contributed by atoms with Crippen LogP contribution in [0.25, 0.3) is 0 Å². The molecule has 0 fully saturated rings. The molecule has 0 spiro atoms. The van der Waals surface area contributed by atoms with Crippen molar-refractivity contribution in [3.8, 4) is 11.5 Å². The van der Waals surface area contributed by atoms with E-state index < -0.39 is 0 Å². The van der Waals surface area contributed by atoms with Crippen LogP contribution in [0.1, 0.15) is 19.4 Å². The molecule has 0 amide bonds. The molecule has 100 valence electrons. The van der Waals surface area contributed by atoms with Gasteiger partial charge in [-0.25, -0.2) is 0 Å². The highest BCUT2D eigenvalue weighted by atomic mass is 35.5. The van der Waals surface area contributed by atoms with E-state index in [0.29, 0.717) is 24.0 Å². The summed E-state index contributed by atoms with van der Waals surface area (Å²) in [5, 5.41) is 3.76. The largest absolute Gasteiger partial charge is 0.489 e. The van der Waals surface area contributed by atoms with Crippen molar-refractivity contribution >= 4 is 11.6 Å². The molecule has 0 bridgehead atoms. The molecule has 2 rings (SSSR count). The zero-order valence-corrected chi connectivity index (χ0v) is 11.9. The lowest BCUT2D eigenvalue weighted by Gasteiger charge is -2.19. The Morgan fingerprint density at radius 2 is 2.00 bits per heavy atom. The first-order chi connectivity index (χ1) is 8.52. The molecule has 0 aliphatic carbocycles. The third-order valence-electron chi connectivity index (χ3n) is 2.96. The van der Waals surface area contributed by atoms with Crippen molar-refractivity contribution in [2.75, 3.05) is 26.8 Å². The van der Waals surface area contributed by atoms with Crippen LogP contribution >= 0.6 is 11.6 Å². The summed E-state index contributed by atoms with van der Waals surface area (Å²) in [5.41, 5.74) is 1.17. The van der Waals surface area contributed by atoms with E-state index in [1.807, 2.05) is 19.2 Å². The maximum Gasteiger partial charge on any atom is 0.179 e. The molecule has 1 heterocycles. The number of benzene rings is 1. The summed E-state index contributed by atoms with van der Waals surface area (Å²) in [5.74, 6) is 1.44. The van der Waals surface area contributed by atoms with E-state index >= 15 is 0 Å². The number of fused-ring (bicyclic) bond motifs is 1. The van der Waals surface area contributed by atoms with Crippen molar-refractivity contribution in [3.63, 3.8) is 0 Å². The average Bonchev–Trinajstić information content (AvgIpc) is 2.46. The lowest BCUT2D eigenvalue weighted by Crippen LogP contribution is -2.26. The van der Waals surface area contributed by atoms with Crippen LogP contribution < -0.4 is 14.8 Å². The van der Waals surface area contributed by atoms with Crippen molar-refractivity contribution in [1.29, 1.82) is 0 Å². The maximum absolute atomic E-state index is 6.27. The van der Waals surface area contributed by atoms with Crippen molar-refractivity contribution in [1.82, 2.24) is 5.32 Å². The Kier molecular flexibility index (Phi) is 4.03. The van der Waals surface area contributed by atoms with Gasteiger partial charge >= 0.3 is 0 Å². The molecule has 3 nitrogen and oxygen atoms in total. The standard InChI is InChI=1S/C14H20ClNO2/c1-14(2)8-17-12-7-10(4-5-16-3)6-11(15)13(12)18-9-14/h6-7,16H,4-5,8-9H2,1-3H3. The third-order valence-corrected chi connectivity index (χ3v) is 3.24. The fourth-order valence-electron chi connectivity index (χ4n) is 1.86. The van der Waals surface area contributed by atoms with Crippen molar-refractivity contribution in [3.05, 3.63) is 22.7 Å². The Morgan fingerprint density at radius 1 is 1.28 bits per heavy atom. The molecule has 0 unspecified atom stereocenters. The minimum atomic E-state index is 0.00743. The fourth-order valence-corrected chi connectivity index (χ4v) is 2.15. The number of likely N-dealkylation sites (N-methyl/N-ethyl adjacent to an activating group) is 1. The number of rotatable bonds is 3. The molecule has 18 heavy (non-hydrogen) atoms. The van der Waals surface area contributed by atoms with Crippen LogP contribution in [0.3, 0.4) is 0 Å². The quantitative estimate of drug-likeness (QED) is 0.915. The highest BCUT2D eigenvalue weighted by Crippen LogP contribution is 2.40. The number of hydrogen-bond acceptors (Lipinski definition) is 3. The van der Waals surface area contributed by atoms with E-state index in [1.54, 1.807) is 0 Å². The highest BCUT2D eigenvalue weighted by molar-refractivity contribution is 6.32. The van der Waals surface area contributed by atoms with E-state index in [-0.39, 0.29) is 5.41 Å². The van der Waals surface area contributed by atoms with Crippen molar-refractivity contribution in [2.45, 2.75) is 20.3 Å². The van der Waals surface area contributed by atoms with Gasteiger partial charge in [-0.1, -0.05) is 25.4 Å². The summed E-state index contributed by atoms with van der Waals surface area (Å²) in [6, 6.07) is 3.99. The molecule has 1 N–H and O–H groups in total.